The summed E-state index contributed by atoms with van der Waals surface area (Å²) in [6.45, 7) is 12.9. The monoisotopic (exact) mass is 449 g/mol. The summed E-state index contributed by atoms with van der Waals surface area (Å²) < 4.78 is 5.51. The molecular formula is C28H35NO4. The molecule has 1 fully saturated rings. The number of Topliss-reactive ketones (excluding diaryl/α,β-unsaturated/α-hetero) is 1. The van der Waals surface area contributed by atoms with Crippen molar-refractivity contribution in [1.29, 1.82) is 0 Å². The molecule has 1 heterocycles. The van der Waals surface area contributed by atoms with E-state index >= 15 is 0 Å². The Balaban J connectivity index is 2.25. The van der Waals surface area contributed by atoms with Gasteiger partial charge in [-0.2, -0.15) is 0 Å². The third-order valence-corrected chi connectivity index (χ3v) is 6.24. The Morgan fingerprint density at radius 2 is 1.73 bits per heavy atom. The zero-order chi connectivity index (χ0) is 24.5. The number of ketones is 1. The van der Waals surface area contributed by atoms with E-state index < -0.39 is 17.7 Å². The highest BCUT2D eigenvalue weighted by molar-refractivity contribution is 6.46. The van der Waals surface area contributed by atoms with Crippen molar-refractivity contribution in [3.63, 3.8) is 0 Å². The standard InChI is InChI=1S/C28H35NO4/c1-8-15-29-24(19-11-9-18(10-12-19)17(2)3)23(26(31)27(29)32)25(30)21-16-20(28(4,5)6)13-14-22(21)33-7/h9-14,16-17,24,30H,8,15H2,1-7H3/b25-23+. The third kappa shape index (κ3) is 4.68. The predicted molar refractivity (Wildman–Crippen MR) is 132 cm³/mol. The minimum atomic E-state index is -0.665. The van der Waals surface area contributed by atoms with Crippen LogP contribution in [0.25, 0.3) is 5.76 Å². The number of likely N-dealkylation sites (tertiary alicyclic amines) is 1. The molecule has 0 saturated carbocycles. The summed E-state index contributed by atoms with van der Waals surface area (Å²) in [4.78, 5) is 27.7. The lowest BCUT2D eigenvalue weighted by Gasteiger charge is -2.26. The fourth-order valence-corrected chi connectivity index (χ4v) is 4.27. The summed E-state index contributed by atoms with van der Waals surface area (Å²) in [5.74, 6) is -0.626. The predicted octanol–water partition coefficient (Wildman–Crippen LogP) is 5.95. The zero-order valence-corrected chi connectivity index (χ0v) is 20.7. The maximum absolute atomic E-state index is 13.2. The fourth-order valence-electron chi connectivity index (χ4n) is 4.27. The first kappa shape index (κ1) is 24.6. The maximum atomic E-state index is 13.2. The molecule has 176 valence electrons. The van der Waals surface area contributed by atoms with E-state index in [9.17, 15) is 14.7 Å². The van der Waals surface area contributed by atoms with Crippen LogP contribution in [-0.4, -0.2) is 35.4 Å². The molecule has 0 bridgehead atoms. The Hall–Kier alpha value is -3.08. The number of carbonyl (C=O) groups excluding carboxylic acids is 2. The molecule has 1 aliphatic rings. The SMILES string of the molecule is CCCN1C(=O)C(=O)/C(=C(/O)c2cc(C(C)(C)C)ccc2OC)C1c1ccc(C(C)C)cc1. The van der Waals surface area contributed by atoms with Crippen LogP contribution in [0.3, 0.4) is 0 Å². The molecule has 2 aromatic rings. The molecule has 5 heteroatoms. The average molecular weight is 450 g/mol. The molecule has 5 nitrogen and oxygen atoms in total. The van der Waals surface area contributed by atoms with Crippen molar-refractivity contribution < 1.29 is 19.4 Å². The molecule has 1 atom stereocenters. The van der Waals surface area contributed by atoms with Crippen molar-refractivity contribution in [3.05, 3.63) is 70.3 Å². The number of carbonyl (C=O) groups is 2. The number of aliphatic hydroxyl groups is 1. The van der Waals surface area contributed by atoms with Crippen molar-refractivity contribution in [2.24, 2.45) is 0 Å². The quantitative estimate of drug-likeness (QED) is 0.336. The smallest absolute Gasteiger partial charge is 0.295 e. The second-order valence-corrected chi connectivity index (χ2v) is 9.98. The van der Waals surface area contributed by atoms with Crippen LogP contribution < -0.4 is 4.74 Å². The van der Waals surface area contributed by atoms with Gasteiger partial charge in [0.05, 0.1) is 24.3 Å². The molecule has 0 aliphatic carbocycles. The number of methoxy groups -OCH3 is 1. The van der Waals surface area contributed by atoms with Gasteiger partial charge in [0.2, 0.25) is 0 Å². The second-order valence-electron chi connectivity index (χ2n) is 9.98. The van der Waals surface area contributed by atoms with Crippen molar-refractivity contribution in [1.82, 2.24) is 4.90 Å². The van der Waals surface area contributed by atoms with E-state index in [0.29, 0.717) is 30.2 Å². The lowest BCUT2D eigenvalue weighted by Crippen LogP contribution is -2.30. The first-order chi connectivity index (χ1) is 15.5. The van der Waals surface area contributed by atoms with Crippen molar-refractivity contribution >= 4 is 17.4 Å². The largest absolute Gasteiger partial charge is 0.507 e. The number of rotatable bonds is 6. The van der Waals surface area contributed by atoms with E-state index in [2.05, 4.69) is 34.6 Å². The highest BCUT2D eigenvalue weighted by atomic mass is 16.5. The Morgan fingerprint density at radius 3 is 2.24 bits per heavy atom. The summed E-state index contributed by atoms with van der Waals surface area (Å²) in [6.07, 6.45) is 0.705. The van der Waals surface area contributed by atoms with Gasteiger partial charge in [-0.1, -0.05) is 71.9 Å². The van der Waals surface area contributed by atoms with Crippen LogP contribution in [0.2, 0.25) is 0 Å². The highest BCUT2D eigenvalue weighted by Crippen LogP contribution is 2.42. The van der Waals surface area contributed by atoms with Crippen LogP contribution in [0.5, 0.6) is 5.75 Å². The molecule has 33 heavy (non-hydrogen) atoms. The minimum absolute atomic E-state index is 0.107. The van der Waals surface area contributed by atoms with Gasteiger partial charge in [0, 0.05) is 6.54 Å². The number of nitrogens with zero attached hydrogens (tertiary/aromatic N) is 1. The van der Waals surface area contributed by atoms with Crippen LogP contribution >= 0.6 is 0 Å². The molecule has 1 unspecified atom stereocenters. The molecule has 3 rings (SSSR count). The van der Waals surface area contributed by atoms with E-state index in [4.69, 9.17) is 4.74 Å². The van der Waals surface area contributed by atoms with E-state index in [0.717, 1.165) is 11.1 Å². The summed E-state index contributed by atoms with van der Waals surface area (Å²) in [5.41, 5.74) is 3.33. The third-order valence-electron chi connectivity index (χ3n) is 6.24. The Bertz CT molecular complexity index is 1070. The van der Waals surface area contributed by atoms with Crippen LogP contribution in [0.4, 0.5) is 0 Å². The molecule has 0 aromatic heterocycles. The molecule has 0 spiro atoms. The van der Waals surface area contributed by atoms with Crippen LogP contribution in [-0.2, 0) is 15.0 Å². The summed E-state index contributed by atoms with van der Waals surface area (Å²) in [7, 11) is 1.53. The topological polar surface area (TPSA) is 66.8 Å². The van der Waals surface area contributed by atoms with Crippen molar-refractivity contribution in [2.45, 2.75) is 65.3 Å². The van der Waals surface area contributed by atoms with Crippen molar-refractivity contribution in [2.75, 3.05) is 13.7 Å². The first-order valence-corrected chi connectivity index (χ1v) is 11.6. The Labute approximate surface area is 197 Å². The lowest BCUT2D eigenvalue weighted by atomic mass is 9.85. The number of ether oxygens (including phenoxy) is 1. The Kier molecular flexibility index (Phi) is 7.01. The molecular weight excluding hydrogens is 414 g/mol. The average Bonchev–Trinajstić information content (AvgIpc) is 3.02. The Morgan fingerprint density at radius 1 is 1.09 bits per heavy atom. The summed E-state index contributed by atoms with van der Waals surface area (Å²) >= 11 is 0. The molecule has 2 aromatic carbocycles. The number of benzene rings is 2. The van der Waals surface area contributed by atoms with Crippen molar-refractivity contribution in [3.8, 4) is 5.75 Å². The number of hydrogen-bond acceptors (Lipinski definition) is 4. The second kappa shape index (κ2) is 9.42. The van der Waals surface area contributed by atoms with Crippen LogP contribution in [0.15, 0.2) is 48.0 Å². The highest BCUT2D eigenvalue weighted by Gasteiger charge is 2.46. The minimum Gasteiger partial charge on any atom is -0.507 e. The summed E-state index contributed by atoms with van der Waals surface area (Å²) in [5, 5.41) is 11.5. The van der Waals surface area contributed by atoms with Gasteiger partial charge in [-0.05, 0) is 46.6 Å². The van der Waals surface area contributed by atoms with Gasteiger partial charge >= 0.3 is 0 Å². The molecule has 0 radical (unpaired) electrons. The van der Waals surface area contributed by atoms with E-state index in [1.54, 1.807) is 11.0 Å². The van der Waals surface area contributed by atoms with Gasteiger partial charge in [-0.25, -0.2) is 0 Å². The van der Waals surface area contributed by atoms with E-state index in [1.807, 2.05) is 43.3 Å². The number of amides is 1. The van der Waals surface area contributed by atoms with Gasteiger partial charge in [0.25, 0.3) is 11.7 Å². The van der Waals surface area contributed by atoms with E-state index in [1.165, 1.54) is 12.7 Å². The maximum Gasteiger partial charge on any atom is 0.295 e. The fraction of sp³-hybridized carbons (Fsp3) is 0.429. The number of aliphatic hydroxyl groups excluding tert-OH is 1. The van der Waals surface area contributed by atoms with Gasteiger partial charge in [-0.3, -0.25) is 9.59 Å². The first-order valence-electron chi connectivity index (χ1n) is 11.6. The molecule has 1 amide bonds. The van der Waals surface area contributed by atoms with E-state index in [-0.39, 0.29) is 16.7 Å². The van der Waals surface area contributed by atoms with Gasteiger partial charge in [-0.15, -0.1) is 0 Å². The summed E-state index contributed by atoms with van der Waals surface area (Å²) in [6, 6.07) is 12.9. The molecule has 1 aliphatic heterocycles. The molecule has 1 saturated heterocycles. The van der Waals surface area contributed by atoms with Gasteiger partial charge in [0.1, 0.15) is 11.5 Å². The van der Waals surface area contributed by atoms with Gasteiger partial charge < -0.3 is 14.7 Å². The lowest BCUT2D eigenvalue weighted by molar-refractivity contribution is -0.139. The zero-order valence-electron chi connectivity index (χ0n) is 20.7. The molecule has 1 N–H and O–H groups in total. The van der Waals surface area contributed by atoms with Gasteiger partial charge in [0.15, 0.2) is 0 Å². The van der Waals surface area contributed by atoms with Crippen LogP contribution in [0, 0.1) is 0 Å². The number of hydrogen-bond donors (Lipinski definition) is 1. The van der Waals surface area contributed by atoms with Crippen LogP contribution in [0.1, 0.15) is 82.2 Å². The normalized spacial score (nSPS) is 18.3.